The number of hydrogen-bond donors (Lipinski definition) is 2. The van der Waals surface area contributed by atoms with Crippen LogP contribution in [0.15, 0.2) is 48.8 Å². The summed E-state index contributed by atoms with van der Waals surface area (Å²) in [5.41, 5.74) is 3.93. The van der Waals surface area contributed by atoms with Crippen molar-refractivity contribution in [2.75, 3.05) is 11.9 Å². The Kier molecular flexibility index (Phi) is 5.64. The highest BCUT2D eigenvalue weighted by atomic mass is 35.5. The molecule has 0 saturated carbocycles. The van der Waals surface area contributed by atoms with Crippen LogP contribution in [0.3, 0.4) is 0 Å². The van der Waals surface area contributed by atoms with Crippen molar-refractivity contribution < 1.29 is 9.50 Å². The Hall–Kier alpha value is -3.03. The Labute approximate surface area is 184 Å². The van der Waals surface area contributed by atoms with Gasteiger partial charge in [-0.3, -0.25) is 4.40 Å². The number of pyridine rings is 1. The van der Waals surface area contributed by atoms with Crippen LogP contribution in [0.25, 0.3) is 28.3 Å². The normalized spacial score (nSPS) is 11.8. The molecule has 6 nitrogen and oxygen atoms in total. The number of benzene rings is 1. The second-order valence-electron chi connectivity index (χ2n) is 8.53. The van der Waals surface area contributed by atoms with Gasteiger partial charge in [-0.25, -0.2) is 19.3 Å². The maximum Gasteiger partial charge on any atom is 0.223 e. The molecular weight excluding hydrogens is 417 g/mol. The zero-order valence-corrected chi connectivity index (χ0v) is 18.3. The molecule has 0 aliphatic rings. The van der Waals surface area contributed by atoms with E-state index in [0.29, 0.717) is 40.8 Å². The highest BCUT2D eigenvalue weighted by Crippen LogP contribution is 2.36. The molecular formula is C23H23ClFN5O. The van der Waals surface area contributed by atoms with Crippen LogP contribution in [-0.2, 0) is 6.61 Å². The van der Waals surface area contributed by atoms with E-state index in [1.165, 1.54) is 12.1 Å². The summed E-state index contributed by atoms with van der Waals surface area (Å²) in [6, 6.07) is 9.63. The predicted octanol–water partition coefficient (Wildman–Crippen LogP) is 5.20. The SMILES string of the molecule is CC(C)(C)CNc1nccc(-c2c(-c3ccc(F)cc3Cl)nc3cc(CO)ccn23)n1. The summed E-state index contributed by atoms with van der Waals surface area (Å²) in [4.78, 5) is 13.8. The van der Waals surface area contributed by atoms with E-state index in [-0.39, 0.29) is 17.0 Å². The molecule has 0 bridgehead atoms. The average molecular weight is 440 g/mol. The number of rotatable bonds is 5. The number of halogens is 2. The maximum absolute atomic E-state index is 13.7. The summed E-state index contributed by atoms with van der Waals surface area (Å²) in [5.74, 6) is 0.0860. The third kappa shape index (κ3) is 4.52. The van der Waals surface area contributed by atoms with E-state index in [0.717, 1.165) is 5.56 Å². The Morgan fingerprint density at radius 2 is 1.94 bits per heavy atom. The van der Waals surface area contributed by atoms with Gasteiger partial charge in [-0.05, 0) is 47.4 Å². The molecule has 4 rings (SSSR count). The van der Waals surface area contributed by atoms with Gasteiger partial charge >= 0.3 is 0 Å². The fourth-order valence-electron chi connectivity index (χ4n) is 3.22. The molecule has 8 heteroatoms. The van der Waals surface area contributed by atoms with Crippen LogP contribution in [0.5, 0.6) is 0 Å². The number of imidazole rings is 1. The van der Waals surface area contributed by atoms with Crippen molar-refractivity contribution in [3.05, 3.63) is 65.2 Å². The number of fused-ring (bicyclic) bond motifs is 1. The summed E-state index contributed by atoms with van der Waals surface area (Å²) in [6.45, 7) is 6.99. The molecule has 0 atom stereocenters. The Morgan fingerprint density at radius 1 is 1.13 bits per heavy atom. The standard InChI is InChI=1S/C23H23ClFN5O/c1-23(2,3)13-27-22-26-8-6-18(28-22)21-20(16-5-4-15(25)11-17(16)24)29-19-10-14(12-31)7-9-30(19)21/h4-11,31H,12-13H2,1-3H3,(H,26,27,28). The minimum atomic E-state index is -0.419. The first-order valence-electron chi connectivity index (χ1n) is 9.90. The zero-order valence-electron chi connectivity index (χ0n) is 17.5. The van der Waals surface area contributed by atoms with Gasteiger partial charge in [0.05, 0.1) is 23.0 Å². The molecule has 0 aliphatic carbocycles. The molecule has 0 fully saturated rings. The van der Waals surface area contributed by atoms with Gasteiger partial charge in [0.15, 0.2) is 0 Å². The van der Waals surface area contributed by atoms with Gasteiger partial charge < -0.3 is 10.4 Å². The van der Waals surface area contributed by atoms with E-state index in [2.05, 4.69) is 31.1 Å². The van der Waals surface area contributed by atoms with Crippen molar-refractivity contribution in [3.63, 3.8) is 0 Å². The summed E-state index contributed by atoms with van der Waals surface area (Å²) >= 11 is 6.37. The monoisotopic (exact) mass is 439 g/mol. The maximum atomic E-state index is 13.7. The number of aliphatic hydroxyl groups excluding tert-OH is 1. The van der Waals surface area contributed by atoms with Crippen LogP contribution >= 0.6 is 11.6 Å². The molecule has 160 valence electrons. The quantitative estimate of drug-likeness (QED) is 0.447. The Balaban J connectivity index is 1.90. The Morgan fingerprint density at radius 3 is 2.65 bits per heavy atom. The van der Waals surface area contributed by atoms with Crippen LogP contribution < -0.4 is 5.32 Å². The van der Waals surface area contributed by atoms with E-state index in [1.807, 2.05) is 16.7 Å². The first-order chi connectivity index (χ1) is 14.7. The fourth-order valence-corrected chi connectivity index (χ4v) is 3.48. The van der Waals surface area contributed by atoms with Crippen molar-refractivity contribution in [2.45, 2.75) is 27.4 Å². The molecule has 0 saturated heterocycles. The highest BCUT2D eigenvalue weighted by Gasteiger charge is 2.20. The molecule has 1 aromatic carbocycles. The van der Waals surface area contributed by atoms with E-state index in [1.54, 1.807) is 24.4 Å². The lowest BCUT2D eigenvalue weighted by Gasteiger charge is -2.18. The minimum Gasteiger partial charge on any atom is -0.392 e. The topological polar surface area (TPSA) is 75.3 Å². The molecule has 0 unspecified atom stereocenters. The third-order valence-corrected chi connectivity index (χ3v) is 5.05. The van der Waals surface area contributed by atoms with E-state index in [9.17, 15) is 9.50 Å². The van der Waals surface area contributed by atoms with Crippen molar-refractivity contribution in [2.24, 2.45) is 5.41 Å². The molecule has 3 aromatic heterocycles. The van der Waals surface area contributed by atoms with Gasteiger partial charge in [-0.2, -0.15) is 0 Å². The molecule has 31 heavy (non-hydrogen) atoms. The van der Waals surface area contributed by atoms with Gasteiger partial charge in [0.25, 0.3) is 0 Å². The number of aromatic nitrogens is 4. The molecule has 4 aromatic rings. The summed E-state index contributed by atoms with van der Waals surface area (Å²) < 4.78 is 15.5. The van der Waals surface area contributed by atoms with E-state index in [4.69, 9.17) is 21.6 Å². The minimum absolute atomic E-state index is 0.0656. The predicted molar refractivity (Wildman–Crippen MR) is 120 cm³/mol. The number of hydrogen-bond acceptors (Lipinski definition) is 5. The van der Waals surface area contributed by atoms with Crippen LogP contribution in [-0.4, -0.2) is 31.0 Å². The number of aliphatic hydroxyl groups is 1. The summed E-state index contributed by atoms with van der Waals surface area (Å²) in [7, 11) is 0. The zero-order chi connectivity index (χ0) is 22.2. The van der Waals surface area contributed by atoms with Crippen molar-refractivity contribution >= 4 is 23.2 Å². The number of anilines is 1. The first-order valence-corrected chi connectivity index (χ1v) is 10.3. The summed E-state index contributed by atoms with van der Waals surface area (Å²) in [5, 5.41) is 13.0. The first kappa shape index (κ1) is 21.2. The van der Waals surface area contributed by atoms with Gasteiger partial charge in [-0.1, -0.05) is 32.4 Å². The highest BCUT2D eigenvalue weighted by molar-refractivity contribution is 6.33. The van der Waals surface area contributed by atoms with E-state index < -0.39 is 5.82 Å². The van der Waals surface area contributed by atoms with Crippen molar-refractivity contribution in [3.8, 4) is 22.6 Å². The van der Waals surface area contributed by atoms with Gasteiger partial charge in [-0.15, -0.1) is 0 Å². The molecule has 0 aliphatic heterocycles. The lowest BCUT2D eigenvalue weighted by molar-refractivity contribution is 0.282. The number of nitrogens with zero attached hydrogens (tertiary/aromatic N) is 4. The second-order valence-corrected chi connectivity index (χ2v) is 8.94. The van der Waals surface area contributed by atoms with E-state index >= 15 is 0 Å². The lowest BCUT2D eigenvalue weighted by atomic mass is 9.97. The van der Waals surface area contributed by atoms with Gasteiger partial charge in [0, 0.05) is 24.5 Å². The molecule has 0 radical (unpaired) electrons. The molecule has 2 N–H and O–H groups in total. The molecule has 0 spiro atoms. The smallest absolute Gasteiger partial charge is 0.223 e. The van der Waals surface area contributed by atoms with Crippen LogP contribution in [0.1, 0.15) is 26.3 Å². The average Bonchev–Trinajstić information content (AvgIpc) is 3.10. The third-order valence-electron chi connectivity index (χ3n) is 4.73. The van der Waals surface area contributed by atoms with Gasteiger partial charge in [0.1, 0.15) is 17.2 Å². The molecule has 0 amide bonds. The number of nitrogens with one attached hydrogen (secondary N) is 1. The van der Waals surface area contributed by atoms with Crippen LogP contribution in [0.2, 0.25) is 5.02 Å². The van der Waals surface area contributed by atoms with Crippen molar-refractivity contribution in [1.29, 1.82) is 0 Å². The molecule has 3 heterocycles. The van der Waals surface area contributed by atoms with Crippen LogP contribution in [0, 0.1) is 11.2 Å². The van der Waals surface area contributed by atoms with Gasteiger partial charge in [0.2, 0.25) is 5.95 Å². The van der Waals surface area contributed by atoms with Crippen LogP contribution in [0.4, 0.5) is 10.3 Å². The Bertz CT molecular complexity index is 1250. The summed E-state index contributed by atoms with van der Waals surface area (Å²) in [6.07, 6.45) is 3.51. The lowest BCUT2D eigenvalue weighted by Crippen LogP contribution is -2.20. The van der Waals surface area contributed by atoms with Crippen molar-refractivity contribution in [1.82, 2.24) is 19.4 Å². The largest absolute Gasteiger partial charge is 0.392 e. The fraction of sp³-hybridized carbons (Fsp3) is 0.261. The second kappa shape index (κ2) is 8.24.